The molecule has 0 bridgehead atoms. The fourth-order valence-electron chi connectivity index (χ4n) is 1.14. The molecule has 3 heteroatoms. The molecule has 0 radical (unpaired) electrons. The first-order valence-corrected chi connectivity index (χ1v) is 4.70. The number of carbonyl (C=O) groups excluding carboxylic acids is 1. The van der Waals surface area contributed by atoms with Gasteiger partial charge in [0, 0.05) is 6.42 Å². The predicted octanol–water partition coefficient (Wildman–Crippen LogP) is 2.27. The van der Waals surface area contributed by atoms with Gasteiger partial charge in [0.05, 0.1) is 0 Å². The first-order chi connectivity index (χ1) is 6.67. The van der Waals surface area contributed by atoms with E-state index in [0.717, 1.165) is 12.0 Å². The molecule has 14 heavy (non-hydrogen) atoms. The lowest BCUT2D eigenvalue weighted by Crippen LogP contribution is -2.07. The fraction of sp³-hybridized carbons (Fsp3) is 0.364. The summed E-state index contributed by atoms with van der Waals surface area (Å²) in [7, 11) is 0. The lowest BCUT2D eigenvalue weighted by atomic mass is 10.1. The minimum Gasteiger partial charge on any atom is -0.508 e. The molecule has 0 saturated heterocycles. The fourth-order valence-corrected chi connectivity index (χ4v) is 1.14. The van der Waals surface area contributed by atoms with Gasteiger partial charge in [0.2, 0.25) is 0 Å². The van der Waals surface area contributed by atoms with Gasteiger partial charge in [-0.25, -0.2) is 0 Å². The van der Waals surface area contributed by atoms with Crippen LogP contribution in [0.5, 0.6) is 11.5 Å². The zero-order valence-electron chi connectivity index (χ0n) is 8.41. The molecule has 0 atom stereocenters. The predicted molar refractivity (Wildman–Crippen MR) is 53.4 cm³/mol. The van der Waals surface area contributed by atoms with Crippen molar-refractivity contribution in [3.63, 3.8) is 0 Å². The second kappa shape index (κ2) is 4.65. The van der Waals surface area contributed by atoms with Gasteiger partial charge in [-0.1, -0.05) is 13.8 Å². The maximum absolute atomic E-state index is 11.0. The van der Waals surface area contributed by atoms with Crippen LogP contribution in [-0.2, 0) is 11.2 Å². The van der Waals surface area contributed by atoms with Crippen LogP contribution in [0.1, 0.15) is 25.8 Å². The van der Waals surface area contributed by atoms with E-state index in [1.165, 1.54) is 6.07 Å². The number of aryl methyl sites for hydroxylation is 1. The molecule has 1 aromatic carbocycles. The van der Waals surface area contributed by atoms with Gasteiger partial charge >= 0.3 is 5.97 Å². The minimum atomic E-state index is -0.259. The summed E-state index contributed by atoms with van der Waals surface area (Å²) in [5.41, 5.74) is 0.840. The van der Waals surface area contributed by atoms with Crippen LogP contribution in [-0.4, -0.2) is 11.1 Å². The third-order valence-electron chi connectivity index (χ3n) is 1.94. The van der Waals surface area contributed by atoms with Gasteiger partial charge < -0.3 is 9.84 Å². The number of phenols is 1. The SMILES string of the molecule is CCC(=O)Oc1ccc(O)cc1CC. The van der Waals surface area contributed by atoms with Crippen LogP contribution in [0.3, 0.4) is 0 Å². The molecule has 0 aliphatic heterocycles. The summed E-state index contributed by atoms with van der Waals surface area (Å²) in [6.45, 7) is 3.69. The van der Waals surface area contributed by atoms with E-state index in [4.69, 9.17) is 4.74 Å². The number of rotatable bonds is 3. The van der Waals surface area contributed by atoms with Crippen molar-refractivity contribution in [2.75, 3.05) is 0 Å². The van der Waals surface area contributed by atoms with Crippen molar-refractivity contribution >= 4 is 5.97 Å². The molecule has 0 aliphatic carbocycles. The number of carbonyl (C=O) groups is 1. The van der Waals surface area contributed by atoms with E-state index >= 15 is 0 Å². The second-order valence-electron chi connectivity index (χ2n) is 2.97. The van der Waals surface area contributed by atoms with Crippen molar-refractivity contribution in [1.29, 1.82) is 0 Å². The first-order valence-electron chi connectivity index (χ1n) is 4.70. The second-order valence-corrected chi connectivity index (χ2v) is 2.97. The van der Waals surface area contributed by atoms with Crippen molar-refractivity contribution in [2.45, 2.75) is 26.7 Å². The molecule has 0 unspecified atom stereocenters. The van der Waals surface area contributed by atoms with Crippen molar-refractivity contribution in [2.24, 2.45) is 0 Å². The molecule has 0 heterocycles. The highest BCUT2D eigenvalue weighted by molar-refractivity contribution is 5.72. The smallest absolute Gasteiger partial charge is 0.310 e. The number of hydrogen-bond acceptors (Lipinski definition) is 3. The Morgan fingerprint density at radius 1 is 1.43 bits per heavy atom. The Labute approximate surface area is 83.3 Å². The van der Waals surface area contributed by atoms with Gasteiger partial charge in [-0.05, 0) is 30.2 Å². The number of phenolic OH excluding ortho intramolecular Hbond substituents is 1. The largest absolute Gasteiger partial charge is 0.508 e. The van der Waals surface area contributed by atoms with Crippen LogP contribution in [0.15, 0.2) is 18.2 Å². The normalized spacial score (nSPS) is 9.86. The number of ether oxygens (including phenoxy) is 1. The first kappa shape index (κ1) is 10.6. The number of esters is 1. The van der Waals surface area contributed by atoms with E-state index in [0.29, 0.717) is 12.2 Å². The Kier molecular flexibility index (Phi) is 3.51. The van der Waals surface area contributed by atoms with E-state index < -0.39 is 0 Å². The molecular weight excluding hydrogens is 180 g/mol. The monoisotopic (exact) mass is 194 g/mol. The van der Waals surface area contributed by atoms with Crippen molar-refractivity contribution in [1.82, 2.24) is 0 Å². The van der Waals surface area contributed by atoms with Crippen LogP contribution >= 0.6 is 0 Å². The van der Waals surface area contributed by atoms with Gasteiger partial charge in [-0.3, -0.25) is 4.79 Å². The molecule has 1 N–H and O–H groups in total. The average Bonchev–Trinajstić information content (AvgIpc) is 2.20. The molecule has 1 rings (SSSR count). The van der Waals surface area contributed by atoms with Crippen molar-refractivity contribution in [3.05, 3.63) is 23.8 Å². The van der Waals surface area contributed by atoms with Gasteiger partial charge in [0.1, 0.15) is 11.5 Å². The molecule has 0 amide bonds. The molecule has 0 aromatic heterocycles. The molecule has 0 saturated carbocycles. The summed E-state index contributed by atoms with van der Waals surface area (Å²) in [5, 5.41) is 9.22. The number of benzene rings is 1. The Morgan fingerprint density at radius 2 is 2.14 bits per heavy atom. The molecule has 0 spiro atoms. The zero-order valence-corrected chi connectivity index (χ0v) is 8.41. The van der Waals surface area contributed by atoms with E-state index in [1.54, 1.807) is 19.1 Å². The van der Waals surface area contributed by atoms with Crippen LogP contribution in [0.4, 0.5) is 0 Å². The van der Waals surface area contributed by atoms with E-state index in [1.807, 2.05) is 6.92 Å². The summed E-state index contributed by atoms with van der Waals surface area (Å²) >= 11 is 0. The summed E-state index contributed by atoms with van der Waals surface area (Å²) in [5.74, 6) is 0.473. The van der Waals surface area contributed by atoms with Gasteiger partial charge in [0.25, 0.3) is 0 Å². The molecule has 0 aliphatic rings. The van der Waals surface area contributed by atoms with Crippen LogP contribution in [0.25, 0.3) is 0 Å². The topological polar surface area (TPSA) is 46.5 Å². The summed E-state index contributed by atoms with van der Waals surface area (Å²) in [6.07, 6.45) is 1.07. The van der Waals surface area contributed by atoms with Crippen molar-refractivity contribution in [3.8, 4) is 11.5 Å². The molecule has 0 fully saturated rings. The van der Waals surface area contributed by atoms with Gasteiger partial charge in [0.15, 0.2) is 0 Å². The Balaban J connectivity index is 2.90. The van der Waals surface area contributed by atoms with Gasteiger partial charge in [-0.15, -0.1) is 0 Å². The van der Waals surface area contributed by atoms with Crippen LogP contribution in [0.2, 0.25) is 0 Å². The Bertz CT molecular complexity index is 331. The third kappa shape index (κ3) is 2.49. The lowest BCUT2D eigenvalue weighted by molar-refractivity contribution is -0.134. The van der Waals surface area contributed by atoms with Crippen molar-refractivity contribution < 1.29 is 14.6 Å². The summed E-state index contributed by atoms with van der Waals surface area (Å²) in [4.78, 5) is 11.0. The van der Waals surface area contributed by atoms with Gasteiger partial charge in [-0.2, -0.15) is 0 Å². The lowest BCUT2D eigenvalue weighted by Gasteiger charge is -2.07. The highest BCUT2D eigenvalue weighted by Gasteiger charge is 2.06. The van der Waals surface area contributed by atoms with Crippen LogP contribution in [0, 0.1) is 0 Å². The minimum absolute atomic E-state index is 0.193. The molecular formula is C11H14O3. The highest BCUT2D eigenvalue weighted by Crippen LogP contribution is 2.24. The zero-order chi connectivity index (χ0) is 10.6. The maximum Gasteiger partial charge on any atom is 0.310 e. The Morgan fingerprint density at radius 3 is 2.71 bits per heavy atom. The van der Waals surface area contributed by atoms with E-state index in [2.05, 4.69) is 0 Å². The molecule has 1 aromatic rings. The average molecular weight is 194 g/mol. The quantitative estimate of drug-likeness (QED) is 0.593. The highest BCUT2D eigenvalue weighted by atomic mass is 16.5. The molecule has 76 valence electrons. The Hall–Kier alpha value is -1.51. The van der Waals surface area contributed by atoms with E-state index in [9.17, 15) is 9.90 Å². The van der Waals surface area contributed by atoms with E-state index in [-0.39, 0.29) is 11.7 Å². The summed E-state index contributed by atoms with van der Waals surface area (Å²) < 4.78 is 5.09. The summed E-state index contributed by atoms with van der Waals surface area (Å²) in [6, 6.07) is 4.73. The van der Waals surface area contributed by atoms with Crippen LogP contribution < -0.4 is 4.74 Å². The third-order valence-corrected chi connectivity index (χ3v) is 1.94. The maximum atomic E-state index is 11.0. The number of hydrogen-bond donors (Lipinski definition) is 1. The number of aromatic hydroxyl groups is 1. The molecule has 3 nitrogen and oxygen atoms in total. The standard InChI is InChI=1S/C11H14O3/c1-3-8-7-9(12)5-6-10(8)14-11(13)4-2/h5-7,12H,3-4H2,1-2H3.